The quantitative estimate of drug-likeness (QED) is 0.451. The van der Waals surface area contributed by atoms with Crippen LogP contribution in [0.15, 0.2) is 12.7 Å². The maximum absolute atomic E-state index is 11.5. The van der Waals surface area contributed by atoms with Crippen LogP contribution in [-0.4, -0.2) is 34.5 Å². The molecule has 0 aromatic rings. The van der Waals surface area contributed by atoms with E-state index in [4.69, 9.17) is 9.47 Å². The minimum absolute atomic E-state index is 0.0170. The molecule has 27 heavy (non-hydrogen) atoms. The summed E-state index contributed by atoms with van der Waals surface area (Å²) in [5.41, 5.74) is -0.660. The highest BCUT2D eigenvalue weighted by molar-refractivity contribution is 5.66. The predicted molar refractivity (Wildman–Crippen MR) is 102 cm³/mol. The first-order chi connectivity index (χ1) is 12.7. The van der Waals surface area contributed by atoms with Gasteiger partial charge in [-0.25, -0.2) is 0 Å². The van der Waals surface area contributed by atoms with E-state index in [9.17, 15) is 9.90 Å². The lowest BCUT2D eigenvalue weighted by Gasteiger charge is -2.60. The van der Waals surface area contributed by atoms with E-state index in [1.54, 1.807) is 0 Å². The molecule has 0 unspecified atom stereocenters. The molecule has 0 radical (unpaired) electrons. The lowest BCUT2D eigenvalue weighted by molar-refractivity contribution is -0.160. The maximum Gasteiger partial charge on any atom is 0.302 e. The van der Waals surface area contributed by atoms with Crippen molar-refractivity contribution in [3.05, 3.63) is 12.7 Å². The smallest absolute Gasteiger partial charge is 0.302 e. The highest BCUT2D eigenvalue weighted by Crippen LogP contribution is 2.74. The lowest BCUT2D eigenvalue weighted by Crippen LogP contribution is -2.60. The number of ether oxygens (including phenoxy) is 2. The topological polar surface area (TPSA) is 59.1 Å². The summed E-state index contributed by atoms with van der Waals surface area (Å²) in [5.74, 6) is 1.67. The Bertz CT molecular complexity index is 690. The molecule has 5 rings (SSSR count). The number of fused-ring (bicyclic) bond motifs is 4. The first-order valence-corrected chi connectivity index (χ1v) is 10.9. The SMILES string of the molecule is C=C[C@]1(O)CC[C@@H]2[C@H]3C[C@H]4O[C@@]45C[C@@H](OC(C)=O)CC[C@]5(C)[C@@H]3CC[C@@]21C. The van der Waals surface area contributed by atoms with Gasteiger partial charge in [-0.15, -0.1) is 6.58 Å². The molecule has 1 N–H and O–H groups in total. The van der Waals surface area contributed by atoms with Gasteiger partial charge in [-0.2, -0.15) is 0 Å². The van der Waals surface area contributed by atoms with Gasteiger partial charge in [-0.05, 0) is 62.7 Å². The van der Waals surface area contributed by atoms with Gasteiger partial charge in [-0.1, -0.05) is 19.9 Å². The number of rotatable bonds is 2. The molecule has 0 aromatic carbocycles. The molecule has 4 nitrogen and oxygen atoms in total. The number of carbonyl (C=O) groups is 1. The Kier molecular flexibility index (Phi) is 3.62. The van der Waals surface area contributed by atoms with Crippen molar-refractivity contribution in [1.82, 2.24) is 0 Å². The fraction of sp³-hybridized carbons (Fsp3) is 0.870. The highest BCUT2D eigenvalue weighted by Gasteiger charge is 2.77. The standard InChI is InChI=1S/C23H34O4/c1-5-22(25)11-8-17-16-12-19-23(27-19)13-15(26-14(2)24)6-9-21(23,4)18(16)7-10-20(17,22)3/h5,15-19,25H,1,6-13H2,2-4H3/t15-,16+,17+,18+,19+,20-,21+,22-,23-/m0/s1. The second-order valence-corrected chi connectivity index (χ2v) is 10.6. The van der Waals surface area contributed by atoms with Gasteiger partial charge >= 0.3 is 5.97 Å². The van der Waals surface area contributed by atoms with Gasteiger partial charge in [0.05, 0.1) is 11.7 Å². The monoisotopic (exact) mass is 374 g/mol. The Morgan fingerprint density at radius 1 is 1.15 bits per heavy atom. The Labute approximate surface area is 162 Å². The third-order valence-electron chi connectivity index (χ3n) is 9.93. The van der Waals surface area contributed by atoms with Crippen molar-refractivity contribution in [3.63, 3.8) is 0 Å². The Balaban J connectivity index is 1.44. The Morgan fingerprint density at radius 2 is 1.81 bits per heavy atom. The van der Waals surface area contributed by atoms with Gasteiger partial charge in [0.15, 0.2) is 0 Å². The first-order valence-electron chi connectivity index (χ1n) is 10.9. The molecule has 5 fully saturated rings. The van der Waals surface area contributed by atoms with Crippen LogP contribution in [0.5, 0.6) is 0 Å². The number of epoxide rings is 1. The van der Waals surface area contributed by atoms with Crippen LogP contribution in [0, 0.1) is 28.6 Å². The summed E-state index contributed by atoms with van der Waals surface area (Å²) in [6.07, 6.45) is 10.4. The molecule has 4 saturated carbocycles. The minimum atomic E-state index is -0.713. The van der Waals surface area contributed by atoms with Crippen molar-refractivity contribution in [3.8, 4) is 0 Å². The Morgan fingerprint density at radius 3 is 2.52 bits per heavy atom. The van der Waals surface area contributed by atoms with Crippen LogP contribution >= 0.6 is 0 Å². The predicted octanol–water partition coefficient (Wildman–Crippen LogP) is 4.01. The van der Waals surface area contributed by atoms with Gasteiger partial charge in [0.25, 0.3) is 0 Å². The molecular formula is C23H34O4. The normalized spacial score (nSPS) is 58.3. The van der Waals surface area contributed by atoms with E-state index in [2.05, 4.69) is 20.4 Å². The molecular weight excluding hydrogens is 340 g/mol. The van der Waals surface area contributed by atoms with E-state index in [-0.39, 0.29) is 28.5 Å². The van der Waals surface area contributed by atoms with E-state index in [1.165, 1.54) is 13.3 Å². The van der Waals surface area contributed by atoms with E-state index < -0.39 is 5.60 Å². The molecule has 150 valence electrons. The molecule has 1 saturated heterocycles. The van der Waals surface area contributed by atoms with Gasteiger partial charge in [0.1, 0.15) is 11.7 Å². The number of carbonyl (C=O) groups excluding carboxylic acids is 1. The van der Waals surface area contributed by atoms with E-state index in [1.807, 2.05) is 6.08 Å². The zero-order valence-electron chi connectivity index (χ0n) is 17.0. The van der Waals surface area contributed by atoms with E-state index in [0.717, 1.165) is 44.9 Å². The number of hydrogen-bond donors (Lipinski definition) is 1. The zero-order valence-corrected chi connectivity index (χ0v) is 17.0. The lowest BCUT2D eigenvalue weighted by atomic mass is 9.44. The summed E-state index contributed by atoms with van der Waals surface area (Å²) in [7, 11) is 0. The summed E-state index contributed by atoms with van der Waals surface area (Å²) < 4.78 is 12.0. The number of esters is 1. The maximum atomic E-state index is 11.5. The third kappa shape index (κ3) is 2.09. The first kappa shape index (κ1) is 18.2. The second kappa shape index (κ2) is 5.38. The van der Waals surface area contributed by atoms with Crippen LogP contribution in [0.3, 0.4) is 0 Å². The molecule has 4 heteroatoms. The molecule has 9 atom stereocenters. The van der Waals surface area contributed by atoms with Crippen molar-refractivity contribution >= 4 is 5.97 Å². The fourth-order valence-electron chi connectivity index (χ4n) is 8.36. The second-order valence-electron chi connectivity index (χ2n) is 10.6. The van der Waals surface area contributed by atoms with Gasteiger partial charge < -0.3 is 14.6 Å². The van der Waals surface area contributed by atoms with Crippen molar-refractivity contribution in [2.75, 3.05) is 0 Å². The average Bonchev–Trinajstić information content (AvgIpc) is 3.24. The van der Waals surface area contributed by atoms with Gasteiger partial charge in [-0.3, -0.25) is 4.79 Å². The molecule has 1 heterocycles. The van der Waals surface area contributed by atoms with Gasteiger partial charge in [0.2, 0.25) is 0 Å². The molecule has 0 bridgehead atoms. The fourth-order valence-corrected chi connectivity index (χ4v) is 8.36. The summed E-state index contributed by atoms with van der Waals surface area (Å²) in [4.78, 5) is 11.5. The molecule has 1 spiro atoms. The van der Waals surface area contributed by atoms with Crippen molar-refractivity contribution in [2.24, 2.45) is 28.6 Å². The summed E-state index contributed by atoms with van der Waals surface area (Å²) in [6, 6.07) is 0. The van der Waals surface area contributed by atoms with Crippen molar-refractivity contribution < 1.29 is 19.4 Å². The van der Waals surface area contributed by atoms with E-state index >= 15 is 0 Å². The number of aliphatic hydroxyl groups is 1. The third-order valence-corrected chi connectivity index (χ3v) is 9.93. The molecule has 0 aromatic heterocycles. The molecule has 5 aliphatic rings. The van der Waals surface area contributed by atoms with Crippen LogP contribution in [0.1, 0.15) is 72.1 Å². The summed E-state index contributed by atoms with van der Waals surface area (Å²) in [6.45, 7) is 10.2. The number of hydrogen-bond acceptors (Lipinski definition) is 4. The minimum Gasteiger partial charge on any atom is -0.462 e. The van der Waals surface area contributed by atoms with Crippen LogP contribution in [-0.2, 0) is 14.3 Å². The van der Waals surface area contributed by atoms with E-state index in [0.29, 0.717) is 23.9 Å². The molecule has 1 aliphatic heterocycles. The zero-order chi connectivity index (χ0) is 19.2. The summed E-state index contributed by atoms with van der Waals surface area (Å²) in [5, 5.41) is 11.2. The molecule has 0 amide bonds. The van der Waals surface area contributed by atoms with Crippen LogP contribution in [0.2, 0.25) is 0 Å². The van der Waals surface area contributed by atoms with Crippen LogP contribution < -0.4 is 0 Å². The molecule has 4 aliphatic carbocycles. The van der Waals surface area contributed by atoms with Gasteiger partial charge in [0, 0.05) is 24.2 Å². The van der Waals surface area contributed by atoms with Crippen molar-refractivity contribution in [2.45, 2.75) is 95.5 Å². The average molecular weight is 375 g/mol. The summed E-state index contributed by atoms with van der Waals surface area (Å²) >= 11 is 0. The highest BCUT2D eigenvalue weighted by atomic mass is 16.6. The Hall–Kier alpha value is -0.870. The largest absolute Gasteiger partial charge is 0.462 e. The van der Waals surface area contributed by atoms with Crippen LogP contribution in [0.4, 0.5) is 0 Å². The van der Waals surface area contributed by atoms with Crippen molar-refractivity contribution in [1.29, 1.82) is 0 Å². The van der Waals surface area contributed by atoms with Crippen LogP contribution in [0.25, 0.3) is 0 Å².